The van der Waals surface area contributed by atoms with E-state index in [4.69, 9.17) is 0 Å². The molecule has 1 aliphatic rings. The van der Waals surface area contributed by atoms with Crippen LogP contribution in [0.2, 0.25) is 0 Å². The van der Waals surface area contributed by atoms with Gasteiger partial charge in [-0.2, -0.15) is 0 Å². The molecule has 0 saturated carbocycles. The van der Waals surface area contributed by atoms with Crippen molar-refractivity contribution in [3.8, 4) is 0 Å². The number of hydrogen-bond donors (Lipinski definition) is 2. The average Bonchev–Trinajstić information content (AvgIpc) is 3.10. The predicted octanol–water partition coefficient (Wildman–Crippen LogP) is 3.13. The third-order valence-electron chi connectivity index (χ3n) is 3.57. The summed E-state index contributed by atoms with van der Waals surface area (Å²) < 4.78 is 1.01. The van der Waals surface area contributed by atoms with Crippen LogP contribution in [0.25, 0.3) is 0 Å². The van der Waals surface area contributed by atoms with Crippen molar-refractivity contribution >= 4 is 40.6 Å². The van der Waals surface area contributed by atoms with Crippen LogP contribution in [0.5, 0.6) is 0 Å². The highest BCUT2D eigenvalue weighted by atomic mass is 32.2. The lowest BCUT2D eigenvalue weighted by Gasteiger charge is -2.13. The second kappa shape index (κ2) is 6.72. The molecule has 23 heavy (non-hydrogen) atoms. The number of amides is 2. The van der Waals surface area contributed by atoms with Gasteiger partial charge in [0.1, 0.15) is 6.04 Å². The van der Waals surface area contributed by atoms with E-state index < -0.39 is 6.04 Å². The molecule has 1 aromatic heterocycles. The van der Waals surface area contributed by atoms with Crippen LogP contribution in [0.1, 0.15) is 24.1 Å². The Hall–Kier alpha value is -1.86. The summed E-state index contributed by atoms with van der Waals surface area (Å²) in [5, 5.41) is 7.60. The zero-order valence-corrected chi connectivity index (χ0v) is 14.5. The van der Waals surface area contributed by atoms with E-state index in [1.807, 2.05) is 37.4 Å². The van der Waals surface area contributed by atoms with E-state index in [0.717, 1.165) is 26.2 Å². The third kappa shape index (κ3) is 3.92. The maximum Gasteiger partial charge on any atom is 0.246 e. The molecule has 1 fully saturated rings. The Bertz CT molecular complexity index is 758. The van der Waals surface area contributed by atoms with Crippen LogP contribution in [0.3, 0.4) is 0 Å². The maximum absolute atomic E-state index is 12.2. The van der Waals surface area contributed by atoms with Crippen LogP contribution in [0, 0.1) is 13.8 Å². The predicted molar refractivity (Wildman–Crippen MR) is 91.9 cm³/mol. The van der Waals surface area contributed by atoms with Gasteiger partial charge in [0.2, 0.25) is 11.8 Å². The first-order chi connectivity index (χ1) is 11.0. The van der Waals surface area contributed by atoms with E-state index in [1.165, 1.54) is 0 Å². The number of aryl methyl sites for hydroxylation is 2. The normalized spacial score (nSPS) is 17.1. The van der Waals surface area contributed by atoms with Crippen LogP contribution in [0.4, 0.5) is 5.69 Å². The molecule has 0 bridgehead atoms. The molecule has 2 aromatic rings. The molecule has 0 radical (unpaired) electrons. The molecule has 1 unspecified atom stereocenters. The van der Waals surface area contributed by atoms with Crippen molar-refractivity contribution in [1.29, 1.82) is 0 Å². The van der Waals surface area contributed by atoms with Crippen LogP contribution in [-0.4, -0.2) is 22.8 Å². The van der Waals surface area contributed by atoms with Gasteiger partial charge in [-0.1, -0.05) is 11.8 Å². The first-order valence-electron chi connectivity index (χ1n) is 7.32. The van der Waals surface area contributed by atoms with Gasteiger partial charge in [-0.25, -0.2) is 4.98 Å². The lowest BCUT2D eigenvalue weighted by molar-refractivity contribution is -0.122. The van der Waals surface area contributed by atoms with E-state index in [2.05, 4.69) is 15.6 Å². The third-order valence-corrected chi connectivity index (χ3v) is 5.62. The van der Waals surface area contributed by atoms with Crippen LogP contribution in [0.15, 0.2) is 32.8 Å². The number of hydrogen-bond acceptors (Lipinski definition) is 5. The second-order valence-electron chi connectivity index (χ2n) is 5.48. The summed E-state index contributed by atoms with van der Waals surface area (Å²) in [6.07, 6.45) is 0.973. The Balaban J connectivity index is 1.67. The van der Waals surface area contributed by atoms with Gasteiger partial charge in [-0.05, 0) is 44.0 Å². The average molecular weight is 347 g/mol. The fourth-order valence-corrected chi connectivity index (χ4v) is 4.26. The standard InChI is InChI=1S/C16H17N3O2S2/c1-9-7-11(23-16-17-10(2)8-22-16)3-4-12(9)19-15(21)13-5-6-14(20)18-13/h3-4,7-8,13H,5-6H2,1-2H3,(H,18,20)(H,19,21). The quantitative estimate of drug-likeness (QED) is 0.891. The molecular formula is C16H17N3O2S2. The molecule has 0 spiro atoms. The number of rotatable bonds is 4. The van der Waals surface area contributed by atoms with Gasteiger partial charge in [0.05, 0.1) is 0 Å². The van der Waals surface area contributed by atoms with Crippen molar-refractivity contribution in [2.75, 3.05) is 5.32 Å². The fraction of sp³-hybridized carbons (Fsp3) is 0.312. The molecule has 0 aliphatic carbocycles. The molecule has 2 amide bonds. The molecule has 7 heteroatoms. The molecule has 1 aromatic carbocycles. The van der Waals surface area contributed by atoms with E-state index >= 15 is 0 Å². The highest BCUT2D eigenvalue weighted by Crippen LogP contribution is 2.32. The number of nitrogens with zero attached hydrogens (tertiary/aromatic N) is 1. The molecule has 120 valence electrons. The molecule has 2 heterocycles. The van der Waals surface area contributed by atoms with Gasteiger partial charge in [0, 0.05) is 28.1 Å². The minimum absolute atomic E-state index is 0.0626. The van der Waals surface area contributed by atoms with Gasteiger partial charge in [0.15, 0.2) is 4.34 Å². The summed E-state index contributed by atoms with van der Waals surface area (Å²) in [4.78, 5) is 28.9. The first-order valence-corrected chi connectivity index (χ1v) is 9.02. The second-order valence-corrected chi connectivity index (χ2v) is 7.66. The van der Waals surface area contributed by atoms with Crippen molar-refractivity contribution in [2.24, 2.45) is 0 Å². The summed E-state index contributed by atoms with van der Waals surface area (Å²) in [5.41, 5.74) is 2.79. The summed E-state index contributed by atoms with van der Waals surface area (Å²) in [6.45, 7) is 3.94. The molecule has 1 saturated heterocycles. The number of anilines is 1. The van der Waals surface area contributed by atoms with Gasteiger partial charge in [0.25, 0.3) is 0 Å². The SMILES string of the molecule is Cc1csc(Sc2ccc(NC(=O)C3CCC(=O)N3)c(C)c2)n1. The highest BCUT2D eigenvalue weighted by Gasteiger charge is 2.27. The van der Waals surface area contributed by atoms with Gasteiger partial charge < -0.3 is 10.6 Å². The number of carbonyl (C=O) groups is 2. The summed E-state index contributed by atoms with van der Waals surface area (Å²) in [6, 6.07) is 5.48. The number of benzene rings is 1. The Kier molecular flexibility index (Phi) is 4.68. The first kappa shape index (κ1) is 16.0. The summed E-state index contributed by atoms with van der Waals surface area (Å²) >= 11 is 3.24. The molecule has 5 nitrogen and oxygen atoms in total. The van der Waals surface area contributed by atoms with E-state index in [-0.39, 0.29) is 11.8 Å². The number of carbonyl (C=O) groups excluding carboxylic acids is 2. The van der Waals surface area contributed by atoms with E-state index in [9.17, 15) is 9.59 Å². The summed E-state index contributed by atoms with van der Waals surface area (Å²) in [5.74, 6) is -0.220. The molecule has 1 atom stereocenters. The fourth-order valence-electron chi connectivity index (χ4n) is 2.35. The minimum Gasteiger partial charge on any atom is -0.344 e. The van der Waals surface area contributed by atoms with Crippen molar-refractivity contribution in [3.05, 3.63) is 34.8 Å². The number of nitrogens with one attached hydrogen (secondary N) is 2. The lowest BCUT2D eigenvalue weighted by Crippen LogP contribution is -2.37. The largest absolute Gasteiger partial charge is 0.344 e. The molecule has 2 N–H and O–H groups in total. The number of thiazole rings is 1. The molecular weight excluding hydrogens is 330 g/mol. The highest BCUT2D eigenvalue weighted by molar-refractivity contribution is 8.01. The van der Waals surface area contributed by atoms with Crippen LogP contribution in [-0.2, 0) is 9.59 Å². The topological polar surface area (TPSA) is 71.1 Å². The number of aromatic nitrogens is 1. The van der Waals surface area contributed by atoms with Gasteiger partial charge in [-0.3, -0.25) is 9.59 Å². The smallest absolute Gasteiger partial charge is 0.246 e. The minimum atomic E-state index is -0.422. The van der Waals surface area contributed by atoms with Gasteiger partial charge in [-0.15, -0.1) is 11.3 Å². The molecule has 3 rings (SSSR count). The monoisotopic (exact) mass is 347 g/mol. The van der Waals surface area contributed by atoms with E-state index in [1.54, 1.807) is 23.1 Å². The van der Waals surface area contributed by atoms with Crippen molar-refractivity contribution < 1.29 is 9.59 Å². The van der Waals surface area contributed by atoms with Crippen molar-refractivity contribution in [1.82, 2.24) is 10.3 Å². The lowest BCUT2D eigenvalue weighted by atomic mass is 10.1. The van der Waals surface area contributed by atoms with Crippen LogP contribution < -0.4 is 10.6 Å². The Morgan fingerprint density at radius 1 is 1.43 bits per heavy atom. The zero-order chi connectivity index (χ0) is 16.4. The van der Waals surface area contributed by atoms with E-state index in [0.29, 0.717) is 12.8 Å². The Morgan fingerprint density at radius 2 is 2.26 bits per heavy atom. The zero-order valence-electron chi connectivity index (χ0n) is 12.9. The van der Waals surface area contributed by atoms with Crippen molar-refractivity contribution in [2.45, 2.75) is 42.0 Å². The summed E-state index contributed by atoms with van der Waals surface area (Å²) in [7, 11) is 0. The van der Waals surface area contributed by atoms with Gasteiger partial charge >= 0.3 is 0 Å². The van der Waals surface area contributed by atoms with Crippen LogP contribution >= 0.6 is 23.1 Å². The maximum atomic E-state index is 12.2. The Morgan fingerprint density at radius 3 is 2.87 bits per heavy atom. The Labute approximate surface area is 142 Å². The molecule has 1 aliphatic heterocycles. The van der Waals surface area contributed by atoms with Crippen molar-refractivity contribution in [3.63, 3.8) is 0 Å².